The van der Waals surface area contributed by atoms with E-state index in [4.69, 9.17) is 16.3 Å². The number of hydrogen-bond donors (Lipinski definition) is 1. The van der Waals surface area contributed by atoms with Gasteiger partial charge in [0.25, 0.3) is 0 Å². The van der Waals surface area contributed by atoms with Gasteiger partial charge in [0.1, 0.15) is 29.5 Å². The summed E-state index contributed by atoms with van der Waals surface area (Å²) in [6.45, 7) is 0.107. The van der Waals surface area contributed by atoms with Gasteiger partial charge in [0.2, 0.25) is 0 Å². The minimum atomic E-state index is -0.703. The Bertz CT molecular complexity index is 773. The first-order valence-corrected chi connectivity index (χ1v) is 6.21. The number of imidazole rings is 1. The van der Waals surface area contributed by atoms with E-state index >= 15 is 0 Å². The monoisotopic (exact) mass is 294 g/mol. The quantitative estimate of drug-likeness (QED) is 0.790. The van der Waals surface area contributed by atoms with E-state index in [0.29, 0.717) is 22.1 Å². The SMILES string of the molecule is Fc1cc(F)c2nc(COc3cccc(Cl)c3)[nH]c2c1. The third-order valence-corrected chi connectivity index (χ3v) is 2.96. The van der Waals surface area contributed by atoms with Gasteiger partial charge in [-0.15, -0.1) is 0 Å². The van der Waals surface area contributed by atoms with Crippen LogP contribution in [-0.4, -0.2) is 9.97 Å². The highest BCUT2D eigenvalue weighted by Crippen LogP contribution is 2.20. The zero-order valence-electron chi connectivity index (χ0n) is 10.2. The van der Waals surface area contributed by atoms with Crippen LogP contribution in [0, 0.1) is 11.6 Å². The van der Waals surface area contributed by atoms with Crippen LogP contribution in [0.15, 0.2) is 36.4 Å². The first-order valence-electron chi connectivity index (χ1n) is 5.84. The van der Waals surface area contributed by atoms with E-state index in [-0.39, 0.29) is 12.1 Å². The number of hydrogen-bond acceptors (Lipinski definition) is 2. The second-order valence-electron chi connectivity index (χ2n) is 4.21. The van der Waals surface area contributed by atoms with E-state index in [0.717, 1.165) is 6.07 Å². The third kappa shape index (κ3) is 2.58. The summed E-state index contributed by atoms with van der Waals surface area (Å²) in [6, 6.07) is 8.87. The lowest BCUT2D eigenvalue weighted by Crippen LogP contribution is -1.97. The van der Waals surface area contributed by atoms with Crippen LogP contribution in [0.3, 0.4) is 0 Å². The number of ether oxygens (including phenoxy) is 1. The third-order valence-electron chi connectivity index (χ3n) is 2.73. The molecule has 3 rings (SSSR count). The van der Waals surface area contributed by atoms with Crippen LogP contribution in [0.25, 0.3) is 11.0 Å². The van der Waals surface area contributed by atoms with Gasteiger partial charge in [-0.3, -0.25) is 0 Å². The Morgan fingerprint density at radius 2 is 2.05 bits per heavy atom. The molecule has 3 aromatic rings. The molecule has 0 bridgehead atoms. The van der Waals surface area contributed by atoms with Gasteiger partial charge in [-0.2, -0.15) is 0 Å². The lowest BCUT2D eigenvalue weighted by molar-refractivity contribution is 0.297. The number of nitrogens with one attached hydrogen (secondary N) is 1. The fourth-order valence-corrected chi connectivity index (χ4v) is 2.05. The maximum absolute atomic E-state index is 13.5. The predicted octanol–water partition coefficient (Wildman–Crippen LogP) is 4.07. The molecule has 0 saturated heterocycles. The zero-order valence-corrected chi connectivity index (χ0v) is 10.9. The molecule has 1 N–H and O–H groups in total. The van der Waals surface area contributed by atoms with Crippen molar-refractivity contribution in [1.82, 2.24) is 9.97 Å². The van der Waals surface area contributed by atoms with E-state index < -0.39 is 11.6 Å². The Balaban J connectivity index is 1.83. The summed E-state index contributed by atoms with van der Waals surface area (Å²) < 4.78 is 32.0. The van der Waals surface area contributed by atoms with Gasteiger partial charge in [-0.25, -0.2) is 13.8 Å². The van der Waals surface area contributed by atoms with Crippen LogP contribution in [0.2, 0.25) is 5.02 Å². The smallest absolute Gasteiger partial charge is 0.153 e. The van der Waals surface area contributed by atoms with Gasteiger partial charge >= 0.3 is 0 Å². The Labute approximate surface area is 118 Å². The Kier molecular flexibility index (Phi) is 3.28. The average Bonchev–Trinajstić information content (AvgIpc) is 2.80. The van der Waals surface area contributed by atoms with E-state index in [1.54, 1.807) is 24.3 Å². The van der Waals surface area contributed by atoms with Crippen molar-refractivity contribution in [2.45, 2.75) is 6.61 Å². The van der Waals surface area contributed by atoms with Crippen LogP contribution < -0.4 is 4.74 Å². The summed E-state index contributed by atoms with van der Waals surface area (Å²) in [7, 11) is 0. The lowest BCUT2D eigenvalue weighted by Gasteiger charge is -2.03. The molecule has 6 heteroatoms. The first-order chi connectivity index (χ1) is 9.61. The van der Waals surface area contributed by atoms with Crippen molar-refractivity contribution < 1.29 is 13.5 Å². The molecule has 0 amide bonds. The largest absolute Gasteiger partial charge is 0.486 e. The molecule has 2 aromatic carbocycles. The van der Waals surface area contributed by atoms with Crippen molar-refractivity contribution in [1.29, 1.82) is 0 Å². The molecule has 0 fully saturated rings. The fraction of sp³-hybridized carbons (Fsp3) is 0.0714. The van der Waals surface area contributed by atoms with Crippen LogP contribution in [0.4, 0.5) is 8.78 Å². The summed E-state index contributed by atoms with van der Waals surface area (Å²) in [4.78, 5) is 6.85. The molecule has 0 aliphatic rings. The van der Waals surface area contributed by atoms with Crippen LogP contribution in [-0.2, 0) is 6.61 Å². The molecule has 0 atom stereocenters. The molecule has 20 heavy (non-hydrogen) atoms. The average molecular weight is 295 g/mol. The van der Waals surface area contributed by atoms with Gasteiger partial charge < -0.3 is 9.72 Å². The maximum atomic E-state index is 13.5. The van der Waals surface area contributed by atoms with Crippen molar-refractivity contribution in [3.05, 3.63) is 58.9 Å². The van der Waals surface area contributed by atoms with Crippen molar-refractivity contribution in [2.75, 3.05) is 0 Å². The van der Waals surface area contributed by atoms with Crippen molar-refractivity contribution in [3.63, 3.8) is 0 Å². The van der Waals surface area contributed by atoms with E-state index in [1.807, 2.05) is 0 Å². The van der Waals surface area contributed by atoms with E-state index in [2.05, 4.69) is 9.97 Å². The summed E-state index contributed by atoms with van der Waals surface area (Å²) >= 11 is 5.83. The normalized spacial score (nSPS) is 10.9. The number of nitrogens with zero attached hydrogens (tertiary/aromatic N) is 1. The standard InChI is InChI=1S/C14H9ClF2N2O/c15-8-2-1-3-10(4-8)20-7-13-18-12-6-9(16)5-11(17)14(12)19-13/h1-6H,7H2,(H,18,19). The van der Waals surface area contributed by atoms with Gasteiger partial charge in [-0.1, -0.05) is 17.7 Å². The zero-order chi connectivity index (χ0) is 14.1. The minimum absolute atomic E-state index is 0.0936. The number of halogens is 3. The molecule has 0 aliphatic heterocycles. The van der Waals surface area contributed by atoms with Crippen molar-refractivity contribution in [2.24, 2.45) is 0 Å². The second kappa shape index (κ2) is 5.09. The number of aromatic amines is 1. The molecule has 0 unspecified atom stereocenters. The van der Waals surface area contributed by atoms with Gasteiger partial charge in [0.15, 0.2) is 5.82 Å². The van der Waals surface area contributed by atoms with Crippen molar-refractivity contribution >= 4 is 22.6 Å². The summed E-state index contributed by atoms with van der Waals surface area (Å²) in [6.07, 6.45) is 0. The molecule has 102 valence electrons. The molecule has 3 nitrogen and oxygen atoms in total. The van der Waals surface area contributed by atoms with Crippen LogP contribution in [0.1, 0.15) is 5.82 Å². The fourth-order valence-electron chi connectivity index (χ4n) is 1.87. The molecular weight excluding hydrogens is 286 g/mol. The molecule has 0 saturated carbocycles. The highest BCUT2D eigenvalue weighted by molar-refractivity contribution is 6.30. The molecule has 0 aliphatic carbocycles. The van der Waals surface area contributed by atoms with Gasteiger partial charge in [0, 0.05) is 11.1 Å². The molecule has 0 spiro atoms. The highest BCUT2D eigenvalue weighted by atomic mass is 35.5. The summed E-state index contributed by atoms with van der Waals surface area (Å²) in [5.74, 6) is -0.375. The topological polar surface area (TPSA) is 37.9 Å². The van der Waals surface area contributed by atoms with Crippen molar-refractivity contribution in [3.8, 4) is 5.75 Å². The summed E-state index contributed by atoms with van der Waals surface area (Å²) in [5.41, 5.74) is 0.392. The molecular formula is C14H9ClF2N2O. The van der Waals surface area contributed by atoms with Gasteiger partial charge in [-0.05, 0) is 24.3 Å². The minimum Gasteiger partial charge on any atom is -0.486 e. The molecule has 1 aromatic heterocycles. The van der Waals surface area contributed by atoms with Crippen LogP contribution in [0.5, 0.6) is 5.75 Å². The second-order valence-corrected chi connectivity index (χ2v) is 4.65. The number of benzene rings is 2. The first kappa shape index (κ1) is 12.9. The molecule has 0 radical (unpaired) electrons. The molecule has 1 heterocycles. The van der Waals surface area contributed by atoms with E-state index in [1.165, 1.54) is 6.07 Å². The number of fused-ring (bicyclic) bond motifs is 1. The Morgan fingerprint density at radius 3 is 2.85 bits per heavy atom. The predicted molar refractivity (Wildman–Crippen MR) is 71.8 cm³/mol. The lowest BCUT2D eigenvalue weighted by atomic mass is 10.3. The highest BCUT2D eigenvalue weighted by Gasteiger charge is 2.10. The Morgan fingerprint density at radius 1 is 1.20 bits per heavy atom. The number of H-pyrrole nitrogens is 1. The van der Waals surface area contributed by atoms with Gasteiger partial charge in [0.05, 0.1) is 5.52 Å². The number of rotatable bonds is 3. The summed E-state index contributed by atoms with van der Waals surface area (Å²) in [5, 5.41) is 0.556. The Hall–Kier alpha value is -2.14. The number of aromatic nitrogens is 2. The van der Waals surface area contributed by atoms with E-state index in [9.17, 15) is 8.78 Å². The van der Waals surface area contributed by atoms with Crippen LogP contribution >= 0.6 is 11.6 Å². The maximum Gasteiger partial charge on any atom is 0.153 e.